The highest BCUT2D eigenvalue weighted by molar-refractivity contribution is 5.94. The molecule has 2 aromatic rings. The summed E-state index contributed by atoms with van der Waals surface area (Å²) in [4.78, 5) is 31.6. The molecule has 2 aliphatic rings. The van der Waals surface area contributed by atoms with Crippen molar-refractivity contribution in [3.05, 3.63) is 60.2 Å². The SMILES string of the molecule is O=C(c1cccnc1F)N1CCC(N2CC(COc3ccccc3)OC2=O)CC1. The molecule has 8 heteroatoms. The van der Waals surface area contributed by atoms with E-state index in [0.29, 0.717) is 39.1 Å². The van der Waals surface area contributed by atoms with Crippen LogP contribution in [0.15, 0.2) is 48.7 Å². The van der Waals surface area contributed by atoms with E-state index in [4.69, 9.17) is 9.47 Å². The van der Waals surface area contributed by atoms with Crippen LogP contribution in [0.3, 0.4) is 0 Å². The Hall–Kier alpha value is -3.16. The van der Waals surface area contributed by atoms with Crippen LogP contribution in [0.4, 0.5) is 9.18 Å². The molecule has 1 aromatic heterocycles. The van der Waals surface area contributed by atoms with Crippen LogP contribution in [-0.2, 0) is 4.74 Å². The van der Waals surface area contributed by atoms with Crippen molar-refractivity contribution < 1.29 is 23.5 Å². The highest BCUT2D eigenvalue weighted by Crippen LogP contribution is 2.24. The molecule has 4 rings (SSSR count). The summed E-state index contributed by atoms with van der Waals surface area (Å²) in [6, 6.07) is 12.4. The zero-order chi connectivity index (χ0) is 20.2. The van der Waals surface area contributed by atoms with Gasteiger partial charge in [0.2, 0.25) is 5.95 Å². The largest absolute Gasteiger partial charge is 0.490 e. The first kappa shape index (κ1) is 19.2. The van der Waals surface area contributed by atoms with Crippen LogP contribution in [-0.4, -0.2) is 65.2 Å². The average Bonchev–Trinajstić information content (AvgIpc) is 3.13. The molecule has 0 saturated carbocycles. The Morgan fingerprint density at radius 2 is 1.93 bits per heavy atom. The molecule has 1 unspecified atom stereocenters. The summed E-state index contributed by atoms with van der Waals surface area (Å²) in [5.74, 6) is -0.396. The molecule has 2 fully saturated rings. The molecule has 152 valence electrons. The number of aromatic nitrogens is 1. The predicted octanol–water partition coefficient (Wildman–Crippen LogP) is 2.73. The molecule has 0 N–H and O–H groups in total. The second kappa shape index (κ2) is 8.46. The molecule has 7 nitrogen and oxygen atoms in total. The summed E-state index contributed by atoms with van der Waals surface area (Å²) < 4.78 is 24.9. The van der Waals surface area contributed by atoms with Gasteiger partial charge in [-0.15, -0.1) is 0 Å². The third-order valence-electron chi connectivity index (χ3n) is 5.26. The molecular formula is C21H22FN3O4. The minimum Gasteiger partial charge on any atom is -0.490 e. The van der Waals surface area contributed by atoms with Crippen molar-refractivity contribution in [1.82, 2.24) is 14.8 Å². The van der Waals surface area contributed by atoms with Gasteiger partial charge in [0.05, 0.1) is 12.1 Å². The predicted molar refractivity (Wildman–Crippen MR) is 102 cm³/mol. The quantitative estimate of drug-likeness (QED) is 0.723. The average molecular weight is 399 g/mol. The Bertz CT molecular complexity index is 871. The Morgan fingerprint density at radius 1 is 1.17 bits per heavy atom. The van der Waals surface area contributed by atoms with Crippen LogP contribution < -0.4 is 4.74 Å². The molecule has 0 spiro atoms. The van der Waals surface area contributed by atoms with Gasteiger partial charge in [0.25, 0.3) is 5.91 Å². The lowest BCUT2D eigenvalue weighted by molar-refractivity contribution is 0.0653. The van der Waals surface area contributed by atoms with Crippen LogP contribution in [0.1, 0.15) is 23.2 Å². The van der Waals surface area contributed by atoms with Crippen LogP contribution >= 0.6 is 0 Å². The van der Waals surface area contributed by atoms with E-state index in [1.165, 1.54) is 12.3 Å². The van der Waals surface area contributed by atoms with E-state index in [1.54, 1.807) is 15.9 Å². The number of nitrogens with zero attached hydrogens (tertiary/aromatic N) is 3. The van der Waals surface area contributed by atoms with Gasteiger partial charge >= 0.3 is 6.09 Å². The zero-order valence-corrected chi connectivity index (χ0v) is 15.9. The van der Waals surface area contributed by atoms with E-state index in [1.807, 2.05) is 30.3 Å². The number of piperidine rings is 1. The fraction of sp³-hybridized carbons (Fsp3) is 0.381. The van der Waals surface area contributed by atoms with Gasteiger partial charge in [0, 0.05) is 25.3 Å². The van der Waals surface area contributed by atoms with Crippen molar-refractivity contribution >= 4 is 12.0 Å². The van der Waals surface area contributed by atoms with Crippen molar-refractivity contribution in [2.45, 2.75) is 25.0 Å². The number of para-hydroxylation sites is 1. The first-order chi connectivity index (χ1) is 14.1. The summed E-state index contributed by atoms with van der Waals surface area (Å²) >= 11 is 0. The lowest BCUT2D eigenvalue weighted by Gasteiger charge is -2.35. The van der Waals surface area contributed by atoms with E-state index >= 15 is 0 Å². The van der Waals surface area contributed by atoms with Gasteiger partial charge in [-0.1, -0.05) is 18.2 Å². The lowest BCUT2D eigenvalue weighted by Crippen LogP contribution is -2.47. The number of carbonyl (C=O) groups is 2. The van der Waals surface area contributed by atoms with Gasteiger partial charge < -0.3 is 19.3 Å². The number of ether oxygens (including phenoxy) is 2. The third-order valence-corrected chi connectivity index (χ3v) is 5.26. The Morgan fingerprint density at radius 3 is 2.66 bits per heavy atom. The number of hydrogen-bond donors (Lipinski definition) is 0. The van der Waals surface area contributed by atoms with Crippen molar-refractivity contribution in [2.24, 2.45) is 0 Å². The maximum Gasteiger partial charge on any atom is 0.410 e. The van der Waals surface area contributed by atoms with Crippen molar-refractivity contribution in [1.29, 1.82) is 0 Å². The minimum absolute atomic E-state index is 0.00739. The molecule has 3 heterocycles. The number of halogens is 1. The van der Waals surface area contributed by atoms with E-state index in [-0.39, 0.29) is 29.7 Å². The normalized spacial score (nSPS) is 19.9. The number of hydrogen-bond acceptors (Lipinski definition) is 5. The second-order valence-corrected chi connectivity index (χ2v) is 7.15. The fourth-order valence-electron chi connectivity index (χ4n) is 3.73. The number of cyclic esters (lactones) is 1. The summed E-state index contributed by atoms with van der Waals surface area (Å²) in [5.41, 5.74) is -0.0235. The van der Waals surface area contributed by atoms with Crippen LogP contribution in [0.2, 0.25) is 0 Å². The highest BCUT2D eigenvalue weighted by Gasteiger charge is 2.38. The summed E-state index contributed by atoms with van der Waals surface area (Å²) in [6.45, 7) is 1.66. The van der Waals surface area contributed by atoms with E-state index in [9.17, 15) is 14.0 Å². The number of benzene rings is 1. The Labute approximate surface area is 168 Å². The first-order valence-electron chi connectivity index (χ1n) is 9.66. The van der Waals surface area contributed by atoms with E-state index in [0.717, 1.165) is 5.75 Å². The number of pyridine rings is 1. The second-order valence-electron chi connectivity index (χ2n) is 7.15. The number of amides is 2. The standard InChI is InChI=1S/C21H22FN3O4/c22-19-18(7-4-10-23-19)20(26)24-11-8-15(9-12-24)25-13-17(29-21(25)27)14-28-16-5-2-1-3-6-16/h1-7,10,15,17H,8-9,11-14H2. The number of likely N-dealkylation sites (tertiary alicyclic amines) is 1. The molecule has 0 radical (unpaired) electrons. The third kappa shape index (κ3) is 4.31. The van der Waals surface area contributed by atoms with Gasteiger partial charge in [0.15, 0.2) is 6.10 Å². The monoisotopic (exact) mass is 399 g/mol. The van der Waals surface area contributed by atoms with Gasteiger partial charge in [-0.2, -0.15) is 4.39 Å². The first-order valence-corrected chi connectivity index (χ1v) is 9.66. The molecule has 1 aromatic carbocycles. The summed E-state index contributed by atoms with van der Waals surface area (Å²) in [5, 5.41) is 0. The van der Waals surface area contributed by atoms with Crippen molar-refractivity contribution in [3.63, 3.8) is 0 Å². The van der Waals surface area contributed by atoms with Crippen LogP contribution in [0.5, 0.6) is 5.75 Å². The van der Waals surface area contributed by atoms with Crippen molar-refractivity contribution in [2.75, 3.05) is 26.2 Å². The maximum absolute atomic E-state index is 13.8. The van der Waals surface area contributed by atoms with Crippen LogP contribution in [0.25, 0.3) is 0 Å². The molecule has 2 aliphatic heterocycles. The number of rotatable bonds is 5. The van der Waals surface area contributed by atoms with Crippen molar-refractivity contribution in [3.8, 4) is 5.75 Å². The molecular weight excluding hydrogens is 377 g/mol. The lowest BCUT2D eigenvalue weighted by atomic mass is 10.0. The smallest absolute Gasteiger partial charge is 0.410 e. The molecule has 29 heavy (non-hydrogen) atoms. The van der Waals surface area contributed by atoms with Gasteiger partial charge in [-0.05, 0) is 37.1 Å². The summed E-state index contributed by atoms with van der Waals surface area (Å²) in [7, 11) is 0. The van der Waals surface area contributed by atoms with E-state index < -0.39 is 5.95 Å². The molecule has 1 atom stereocenters. The van der Waals surface area contributed by atoms with Gasteiger partial charge in [0.1, 0.15) is 12.4 Å². The summed E-state index contributed by atoms with van der Waals surface area (Å²) in [6.07, 6.45) is 1.88. The van der Waals surface area contributed by atoms with Crippen LogP contribution in [0, 0.1) is 5.95 Å². The fourth-order valence-corrected chi connectivity index (χ4v) is 3.73. The highest BCUT2D eigenvalue weighted by atomic mass is 19.1. The molecule has 0 bridgehead atoms. The van der Waals surface area contributed by atoms with Gasteiger partial charge in [-0.25, -0.2) is 9.78 Å². The molecule has 2 amide bonds. The Kier molecular flexibility index (Phi) is 5.59. The molecule has 2 saturated heterocycles. The molecule has 0 aliphatic carbocycles. The number of carbonyl (C=O) groups excluding carboxylic acids is 2. The maximum atomic E-state index is 13.8. The minimum atomic E-state index is -0.760. The van der Waals surface area contributed by atoms with E-state index in [2.05, 4.69) is 4.98 Å². The zero-order valence-electron chi connectivity index (χ0n) is 15.9. The Balaban J connectivity index is 1.29. The topological polar surface area (TPSA) is 72.0 Å². The van der Waals surface area contributed by atoms with Gasteiger partial charge in [-0.3, -0.25) is 4.79 Å².